The minimum atomic E-state index is -0.198. The Morgan fingerprint density at radius 1 is 1.12 bits per heavy atom. The third-order valence-corrected chi connectivity index (χ3v) is 4.99. The fourth-order valence-corrected chi connectivity index (χ4v) is 3.35. The van der Waals surface area contributed by atoms with Gasteiger partial charge in [0.25, 0.3) is 5.78 Å². The molecule has 4 aromatic rings. The summed E-state index contributed by atoms with van der Waals surface area (Å²) in [6.45, 7) is 4.04. The maximum atomic E-state index is 12.8. The van der Waals surface area contributed by atoms with Gasteiger partial charge in [0.05, 0.1) is 13.5 Å². The van der Waals surface area contributed by atoms with Crippen LogP contribution in [0.4, 0.5) is 11.6 Å². The van der Waals surface area contributed by atoms with Crippen molar-refractivity contribution >= 4 is 23.3 Å². The number of hydrogen-bond donors (Lipinski definition) is 2. The molecule has 0 saturated heterocycles. The Bertz CT molecular complexity index is 1270. The highest BCUT2D eigenvalue weighted by molar-refractivity contribution is 5.92. The summed E-state index contributed by atoms with van der Waals surface area (Å²) >= 11 is 0. The summed E-state index contributed by atoms with van der Waals surface area (Å²) < 4.78 is 12.8. The first-order chi connectivity index (χ1) is 15.4. The van der Waals surface area contributed by atoms with E-state index in [1.807, 2.05) is 26.0 Å². The molecule has 10 nitrogen and oxygen atoms in total. The Kier molecular flexibility index (Phi) is 5.84. The van der Waals surface area contributed by atoms with E-state index in [2.05, 4.69) is 25.4 Å². The predicted molar refractivity (Wildman–Crippen MR) is 119 cm³/mol. The van der Waals surface area contributed by atoms with Gasteiger partial charge in [-0.25, -0.2) is 4.98 Å². The molecule has 0 radical (unpaired) electrons. The second-order valence-electron chi connectivity index (χ2n) is 7.18. The summed E-state index contributed by atoms with van der Waals surface area (Å²) in [4.78, 5) is 25.3. The molecule has 0 spiro atoms. The summed E-state index contributed by atoms with van der Waals surface area (Å²) in [5.41, 5.74) is 9.47. The van der Waals surface area contributed by atoms with Crippen LogP contribution < -0.4 is 20.5 Å². The fraction of sp³-hybridized carbons (Fsp3) is 0.227. The first-order valence-corrected chi connectivity index (χ1v) is 9.92. The molecule has 164 valence electrons. The van der Waals surface area contributed by atoms with Gasteiger partial charge >= 0.3 is 0 Å². The average Bonchev–Trinajstić information content (AvgIpc) is 3.16. The number of hydrogen-bond acceptors (Lipinski definition) is 8. The second-order valence-corrected chi connectivity index (χ2v) is 7.18. The van der Waals surface area contributed by atoms with Crippen LogP contribution in [0.5, 0.6) is 11.5 Å². The molecular formula is C22H23N7O3. The van der Waals surface area contributed by atoms with Crippen LogP contribution in [-0.4, -0.2) is 37.6 Å². The van der Waals surface area contributed by atoms with Crippen molar-refractivity contribution in [3.8, 4) is 11.5 Å². The highest BCUT2D eigenvalue weighted by Crippen LogP contribution is 2.31. The molecule has 3 N–H and O–H groups in total. The smallest absolute Gasteiger partial charge is 0.254 e. The molecule has 0 atom stereocenters. The summed E-state index contributed by atoms with van der Waals surface area (Å²) in [6, 6.07) is 8.99. The number of amides is 1. The zero-order valence-corrected chi connectivity index (χ0v) is 18.0. The topological polar surface area (TPSA) is 130 Å². The van der Waals surface area contributed by atoms with Gasteiger partial charge in [0.15, 0.2) is 11.5 Å². The Morgan fingerprint density at radius 2 is 1.91 bits per heavy atom. The maximum Gasteiger partial charge on any atom is 0.254 e. The van der Waals surface area contributed by atoms with Crippen molar-refractivity contribution in [2.75, 3.05) is 18.2 Å². The number of nitrogens with one attached hydrogen (secondary N) is 1. The van der Waals surface area contributed by atoms with Crippen molar-refractivity contribution in [1.29, 1.82) is 0 Å². The monoisotopic (exact) mass is 433 g/mol. The predicted octanol–water partition coefficient (Wildman–Crippen LogP) is 2.49. The number of ether oxygens (including phenoxy) is 2. The van der Waals surface area contributed by atoms with Crippen molar-refractivity contribution in [1.82, 2.24) is 24.6 Å². The third kappa shape index (κ3) is 4.43. The maximum absolute atomic E-state index is 12.8. The minimum Gasteiger partial charge on any atom is -0.493 e. The number of rotatable bonds is 7. The Morgan fingerprint density at radius 3 is 2.66 bits per heavy atom. The van der Waals surface area contributed by atoms with E-state index in [4.69, 9.17) is 15.2 Å². The number of benzene rings is 1. The molecule has 32 heavy (non-hydrogen) atoms. The van der Waals surface area contributed by atoms with Crippen molar-refractivity contribution in [2.45, 2.75) is 26.9 Å². The quantitative estimate of drug-likeness (QED) is 0.455. The summed E-state index contributed by atoms with van der Waals surface area (Å²) in [6.07, 6.45) is 3.53. The van der Waals surface area contributed by atoms with Crippen LogP contribution in [0.15, 0.2) is 42.7 Å². The van der Waals surface area contributed by atoms with E-state index in [1.54, 1.807) is 42.2 Å². The lowest BCUT2D eigenvalue weighted by Gasteiger charge is -2.14. The van der Waals surface area contributed by atoms with Crippen LogP contribution in [0.1, 0.15) is 22.5 Å². The number of anilines is 2. The second kappa shape index (κ2) is 8.88. The summed E-state index contributed by atoms with van der Waals surface area (Å²) in [5, 5.41) is 7.04. The molecule has 0 saturated carbocycles. The third-order valence-electron chi connectivity index (χ3n) is 4.99. The number of nitrogens with zero attached hydrogens (tertiary/aromatic N) is 5. The number of pyridine rings is 1. The lowest BCUT2D eigenvalue weighted by atomic mass is 10.1. The van der Waals surface area contributed by atoms with Crippen LogP contribution in [-0.2, 0) is 17.8 Å². The average molecular weight is 433 g/mol. The molecule has 0 bridgehead atoms. The van der Waals surface area contributed by atoms with Crippen molar-refractivity contribution in [2.24, 2.45) is 0 Å². The SMILES string of the molecule is COc1ccc(NC(=O)Cc2c(C)nc3nc(N)nn3c2C)cc1OCc1ccncc1. The van der Waals surface area contributed by atoms with Gasteiger partial charge in [-0.05, 0) is 43.7 Å². The molecule has 4 rings (SSSR count). The zero-order valence-electron chi connectivity index (χ0n) is 18.0. The van der Waals surface area contributed by atoms with E-state index < -0.39 is 0 Å². The summed E-state index contributed by atoms with van der Waals surface area (Å²) in [7, 11) is 1.57. The van der Waals surface area contributed by atoms with E-state index in [9.17, 15) is 4.79 Å². The van der Waals surface area contributed by atoms with Gasteiger partial charge in [0.1, 0.15) is 6.61 Å². The number of methoxy groups -OCH3 is 1. The highest BCUT2D eigenvalue weighted by Gasteiger charge is 2.16. The first-order valence-electron chi connectivity index (χ1n) is 9.92. The van der Waals surface area contributed by atoms with Crippen molar-refractivity contribution < 1.29 is 14.3 Å². The highest BCUT2D eigenvalue weighted by atomic mass is 16.5. The largest absolute Gasteiger partial charge is 0.493 e. The Labute approximate surface area is 184 Å². The van der Waals surface area contributed by atoms with Gasteiger partial charge in [-0.1, -0.05) is 0 Å². The fourth-order valence-electron chi connectivity index (χ4n) is 3.35. The van der Waals surface area contributed by atoms with Crippen LogP contribution in [0.2, 0.25) is 0 Å². The van der Waals surface area contributed by atoms with Crippen molar-refractivity contribution in [3.63, 3.8) is 0 Å². The van der Waals surface area contributed by atoms with Crippen LogP contribution in [0.25, 0.3) is 5.78 Å². The number of carbonyl (C=O) groups is 1. The molecule has 0 fully saturated rings. The molecule has 3 aromatic heterocycles. The summed E-state index contributed by atoms with van der Waals surface area (Å²) in [5.74, 6) is 1.44. The molecule has 0 aliphatic heterocycles. The van der Waals surface area contributed by atoms with Gasteiger partial charge in [0.2, 0.25) is 11.9 Å². The van der Waals surface area contributed by atoms with Crippen molar-refractivity contribution in [3.05, 3.63) is 65.2 Å². The molecule has 0 aliphatic rings. The normalized spacial score (nSPS) is 10.8. The first kappa shape index (κ1) is 21.0. The zero-order chi connectivity index (χ0) is 22.7. The number of nitrogen functional groups attached to an aromatic ring is 1. The molecular weight excluding hydrogens is 410 g/mol. The van der Waals surface area contributed by atoms with Crippen LogP contribution >= 0.6 is 0 Å². The molecule has 0 unspecified atom stereocenters. The molecule has 1 aromatic carbocycles. The number of aryl methyl sites for hydroxylation is 2. The lowest BCUT2D eigenvalue weighted by molar-refractivity contribution is -0.115. The molecule has 10 heteroatoms. The Hall–Kier alpha value is -4.21. The van der Waals surface area contributed by atoms with Gasteiger partial charge in [-0.2, -0.15) is 9.50 Å². The van der Waals surface area contributed by atoms with Gasteiger partial charge in [-0.15, -0.1) is 5.10 Å². The lowest BCUT2D eigenvalue weighted by Crippen LogP contribution is -2.18. The van der Waals surface area contributed by atoms with Gasteiger partial charge in [0, 0.05) is 41.1 Å². The minimum absolute atomic E-state index is 0.125. The van der Waals surface area contributed by atoms with Crippen LogP contribution in [0.3, 0.4) is 0 Å². The molecule has 0 aliphatic carbocycles. The number of fused-ring (bicyclic) bond motifs is 1. The standard InChI is InChI=1S/C22H23N7O3/c1-13-17(14(2)29-22(25-13)27-21(23)28-29)11-20(30)26-16-4-5-18(31-3)19(10-16)32-12-15-6-8-24-9-7-15/h4-10H,11-12H2,1-3H3,(H2,23,28)(H,26,30). The van der Waals surface area contributed by atoms with E-state index in [1.165, 1.54) is 0 Å². The van der Waals surface area contributed by atoms with Gasteiger partial charge < -0.3 is 20.5 Å². The Balaban J connectivity index is 1.50. The molecule has 3 heterocycles. The molecule has 1 amide bonds. The van der Waals surface area contributed by atoms with E-state index >= 15 is 0 Å². The number of aromatic nitrogens is 5. The van der Waals surface area contributed by atoms with Crippen LogP contribution in [0, 0.1) is 13.8 Å². The van der Waals surface area contributed by atoms with E-state index in [0.717, 1.165) is 16.8 Å². The number of nitrogens with two attached hydrogens (primary N) is 1. The van der Waals surface area contributed by atoms with E-state index in [-0.39, 0.29) is 18.3 Å². The van der Waals surface area contributed by atoms with E-state index in [0.29, 0.717) is 35.3 Å². The van der Waals surface area contributed by atoms with Gasteiger partial charge in [-0.3, -0.25) is 9.78 Å². The number of carbonyl (C=O) groups excluding carboxylic acids is 1.